The van der Waals surface area contributed by atoms with Crippen molar-refractivity contribution in [3.05, 3.63) is 46.0 Å². The lowest BCUT2D eigenvalue weighted by atomic mass is 9.82. The molecule has 5 nitrogen and oxygen atoms in total. The van der Waals surface area contributed by atoms with Crippen LogP contribution in [0.1, 0.15) is 29.0 Å². The third-order valence-electron chi connectivity index (χ3n) is 4.50. The fourth-order valence-corrected chi connectivity index (χ4v) is 3.55. The van der Waals surface area contributed by atoms with Gasteiger partial charge in [0, 0.05) is 29.0 Å². The Balaban J connectivity index is 2.29. The number of hydrogen-bond acceptors (Lipinski definition) is 4. The fraction of sp³-hybridized carbons (Fsp3) is 0.316. The van der Waals surface area contributed by atoms with Crippen LogP contribution in [-0.2, 0) is 4.79 Å². The molecule has 3 rings (SSSR count). The summed E-state index contributed by atoms with van der Waals surface area (Å²) >= 11 is 6.20. The summed E-state index contributed by atoms with van der Waals surface area (Å²) in [6.45, 7) is 2.01. The highest BCUT2D eigenvalue weighted by Gasteiger charge is 2.34. The highest BCUT2D eigenvalue weighted by atomic mass is 35.5. The van der Waals surface area contributed by atoms with E-state index in [0.29, 0.717) is 34.4 Å². The molecule has 1 unspecified atom stereocenters. The van der Waals surface area contributed by atoms with E-state index in [9.17, 15) is 4.79 Å². The van der Waals surface area contributed by atoms with Gasteiger partial charge in [0.1, 0.15) is 0 Å². The van der Waals surface area contributed by atoms with Gasteiger partial charge >= 0.3 is 0 Å². The maximum Gasteiger partial charge on any atom is 0.225 e. The molecule has 0 saturated carbocycles. The largest absolute Gasteiger partial charge is 0.493 e. The number of aryl methyl sites for hydroxylation is 1. The molecule has 132 valence electrons. The Morgan fingerprint density at radius 1 is 1.08 bits per heavy atom. The summed E-state index contributed by atoms with van der Waals surface area (Å²) in [7, 11) is 4.69. The van der Waals surface area contributed by atoms with Crippen molar-refractivity contribution >= 4 is 23.2 Å². The van der Waals surface area contributed by atoms with E-state index in [-0.39, 0.29) is 11.8 Å². The lowest BCUT2D eigenvalue weighted by molar-refractivity contribution is -0.116. The number of nitrogens with one attached hydrogen (secondary N) is 1. The van der Waals surface area contributed by atoms with Crippen LogP contribution in [0.15, 0.2) is 24.3 Å². The van der Waals surface area contributed by atoms with Crippen LogP contribution in [0, 0.1) is 6.92 Å². The van der Waals surface area contributed by atoms with E-state index < -0.39 is 0 Å². The standard InChI is InChI=1S/C19H20ClNO4/c1-10-5-6-11(20)7-12(10)13-8-16(22)21-14-9-15(23-2)18(24-3)19(25-4)17(13)14/h5-7,9,13H,8H2,1-4H3,(H,21,22). The van der Waals surface area contributed by atoms with Gasteiger partial charge in [-0.2, -0.15) is 0 Å². The summed E-state index contributed by atoms with van der Waals surface area (Å²) in [4.78, 5) is 12.3. The molecule has 0 radical (unpaired) electrons. The number of hydrogen-bond donors (Lipinski definition) is 1. The zero-order chi connectivity index (χ0) is 18.1. The SMILES string of the molecule is COc1cc2c(c(OC)c1OC)C(c1cc(Cl)ccc1C)CC(=O)N2. The third kappa shape index (κ3) is 3.00. The first-order valence-electron chi connectivity index (χ1n) is 7.88. The summed E-state index contributed by atoms with van der Waals surface area (Å²) in [5.41, 5.74) is 3.58. The van der Waals surface area contributed by atoms with E-state index in [4.69, 9.17) is 25.8 Å². The van der Waals surface area contributed by atoms with Crippen LogP contribution in [0.5, 0.6) is 17.2 Å². The average molecular weight is 362 g/mol. The Morgan fingerprint density at radius 2 is 1.80 bits per heavy atom. The summed E-state index contributed by atoms with van der Waals surface area (Å²) in [5.74, 6) is 1.32. The molecule has 0 aromatic heterocycles. The van der Waals surface area contributed by atoms with Gasteiger partial charge in [-0.25, -0.2) is 0 Å². The normalized spacial score (nSPS) is 16.0. The lowest BCUT2D eigenvalue weighted by Gasteiger charge is -2.30. The second-order valence-corrected chi connectivity index (χ2v) is 6.35. The number of fused-ring (bicyclic) bond motifs is 1. The molecule has 2 aromatic carbocycles. The van der Waals surface area contributed by atoms with Crippen molar-refractivity contribution in [2.75, 3.05) is 26.6 Å². The van der Waals surface area contributed by atoms with Gasteiger partial charge in [0.05, 0.1) is 27.0 Å². The lowest BCUT2D eigenvalue weighted by Crippen LogP contribution is -2.25. The maximum absolute atomic E-state index is 12.3. The Hall–Kier alpha value is -2.40. The molecule has 0 spiro atoms. The topological polar surface area (TPSA) is 56.8 Å². The van der Waals surface area contributed by atoms with E-state index in [0.717, 1.165) is 16.7 Å². The van der Waals surface area contributed by atoms with Crippen LogP contribution in [0.2, 0.25) is 5.02 Å². The number of amides is 1. The summed E-state index contributed by atoms with van der Waals surface area (Å²) < 4.78 is 16.5. The average Bonchev–Trinajstić information content (AvgIpc) is 2.61. The summed E-state index contributed by atoms with van der Waals surface area (Å²) in [6.07, 6.45) is 0.306. The van der Waals surface area contributed by atoms with Crippen molar-refractivity contribution in [2.45, 2.75) is 19.3 Å². The molecule has 25 heavy (non-hydrogen) atoms. The van der Waals surface area contributed by atoms with Crippen LogP contribution >= 0.6 is 11.6 Å². The van der Waals surface area contributed by atoms with Crippen molar-refractivity contribution < 1.29 is 19.0 Å². The summed E-state index contributed by atoms with van der Waals surface area (Å²) in [5, 5.41) is 3.54. The van der Waals surface area contributed by atoms with Gasteiger partial charge in [-0.15, -0.1) is 0 Å². The Kier molecular flexibility index (Phi) is 4.77. The minimum Gasteiger partial charge on any atom is -0.493 e. The van der Waals surface area contributed by atoms with Crippen LogP contribution in [0.4, 0.5) is 5.69 Å². The maximum atomic E-state index is 12.3. The highest BCUT2D eigenvalue weighted by molar-refractivity contribution is 6.30. The van der Waals surface area contributed by atoms with Crippen LogP contribution in [0.3, 0.4) is 0 Å². The first kappa shape index (κ1) is 17.4. The number of anilines is 1. The molecule has 1 aliphatic heterocycles. The second-order valence-electron chi connectivity index (χ2n) is 5.91. The van der Waals surface area contributed by atoms with Crippen LogP contribution in [0.25, 0.3) is 0 Å². The third-order valence-corrected chi connectivity index (χ3v) is 4.73. The number of methoxy groups -OCH3 is 3. The van der Waals surface area contributed by atoms with Crippen LogP contribution < -0.4 is 19.5 Å². The van der Waals surface area contributed by atoms with Gasteiger partial charge in [0.2, 0.25) is 11.7 Å². The molecular formula is C19H20ClNO4. The molecule has 0 saturated heterocycles. The second kappa shape index (κ2) is 6.84. The van der Waals surface area contributed by atoms with E-state index in [2.05, 4.69) is 5.32 Å². The quantitative estimate of drug-likeness (QED) is 0.888. The van der Waals surface area contributed by atoms with Gasteiger partial charge in [0.25, 0.3) is 0 Å². The van der Waals surface area contributed by atoms with Crippen molar-refractivity contribution in [3.63, 3.8) is 0 Å². The van der Waals surface area contributed by atoms with Crippen molar-refractivity contribution in [1.29, 1.82) is 0 Å². The Morgan fingerprint density at radius 3 is 2.44 bits per heavy atom. The number of carbonyl (C=O) groups excluding carboxylic acids is 1. The van der Waals surface area contributed by atoms with E-state index in [1.165, 1.54) is 0 Å². The zero-order valence-electron chi connectivity index (χ0n) is 14.6. The fourth-order valence-electron chi connectivity index (χ4n) is 3.37. The number of benzene rings is 2. The predicted octanol–water partition coefficient (Wildman–Crippen LogP) is 4.15. The van der Waals surface area contributed by atoms with E-state index in [1.54, 1.807) is 27.4 Å². The molecule has 0 aliphatic carbocycles. The molecule has 1 atom stereocenters. The van der Waals surface area contributed by atoms with E-state index >= 15 is 0 Å². The van der Waals surface area contributed by atoms with Crippen molar-refractivity contribution in [1.82, 2.24) is 0 Å². The molecule has 2 aromatic rings. The number of rotatable bonds is 4. The predicted molar refractivity (Wildman–Crippen MR) is 97.4 cm³/mol. The molecule has 1 aliphatic rings. The van der Waals surface area contributed by atoms with Crippen molar-refractivity contribution in [3.8, 4) is 17.2 Å². The van der Waals surface area contributed by atoms with Gasteiger partial charge < -0.3 is 19.5 Å². The van der Waals surface area contributed by atoms with Gasteiger partial charge in [-0.1, -0.05) is 17.7 Å². The van der Waals surface area contributed by atoms with Gasteiger partial charge in [-0.05, 0) is 30.2 Å². The molecule has 1 amide bonds. The van der Waals surface area contributed by atoms with Crippen LogP contribution in [-0.4, -0.2) is 27.2 Å². The van der Waals surface area contributed by atoms with Gasteiger partial charge in [-0.3, -0.25) is 4.79 Å². The molecule has 1 N–H and O–H groups in total. The molecular weight excluding hydrogens is 342 g/mol. The molecule has 6 heteroatoms. The summed E-state index contributed by atoms with van der Waals surface area (Å²) in [6, 6.07) is 7.47. The number of carbonyl (C=O) groups is 1. The van der Waals surface area contributed by atoms with Gasteiger partial charge in [0.15, 0.2) is 11.5 Å². The minimum atomic E-state index is -0.183. The van der Waals surface area contributed by atoms with Crippen molar-refractivity contribution in [2.24, 2.45) is 0 Å². The minimum absolute atomic E-state index is 0.0638. The molecule has 1 heterocycles. The zero-order valence-corrected chi connectivity index (χ0v) is 15.4. The molecule has 0 fully saturated rings. The Labute approximate surface area is 151 Å². The first-order valence-corrected chi connectivity index (χ1v) is 8.26. The molecule has 0 bridgehead atoms. The van der Waals surface area contributed by atoms with E-state index in [1.807, 2.05) is 25.1 Å². The number of ether oxygens (including phenoxy) is 3. The number of halogens is 1. The monoisotopic (exact) mass is 361 g/mol. The Bertz CT molecular complexity index is 835. The smallest absolute Gasteiger partial charge is 0.225 e. The highest BCUT2D eigenvalue weighted by Crippen LogP contribution is 2.51. The first-order chi connectivity index (χ1) is 12.0.